The Kier molecular flexibility index (Phi) is 4.63. The monoisotopic (exact) mass is 255 g/mol. The molecule has 1 aliphatic heterocycles. The summed E-state index contributed by atoms with van der Waals surface area (Å²) in [6.45, 7) is 2.08. The fraction of sp³-hybridized carbons (Fsp3) is 0.417. The summed E-state index contributed by atoms with van der Waals surface area (Å²) in [6.07, 6.45) is 3.70. The highest BCUT2D eigenvalue weighted by Crippen LogP contribution is 2.26. The molecule has 0 radical (unpaired) electrons. The summed E-state index contributed by atoms with van der Waals surface area (Å²) in [5.74, 6) is -0.433. The van der Waals surface area contributed by atoms with Crippen molar-refractivity contribution < 1.29 is 4.79 Å². The van der Waals surface area contributed by atoms with Crippen molar-refractivity contribution in [3.05, 3.63) is 23.8 Å². The first-order valence-corrected chi connectivity index (χ1v) is 5.63. The number of anilines is 2. The summed E-state index contributed by atoms with van der Waals surface area (Å²) in [5.41, 5.74) is 13.3. The fourth-order valence-corrected chi connectivity index (χ4v) is 2.13. The maximum Gasteiger partial charge on any atom is 0.248 e. The lowest BCUT2D eigenvalue weighted by molar-refractivity contribution is 0.100. The van der Waals surface area contributed by atoms with Crippen LogP contribution in [0.3, 0.4) is 0 Å². The highest BCUT2D eigenvalue weighted by atomic mass is 35.5. The second-order valence-corrected chi connectivity index (χ2v) is 4.19. The second kappa shape index (κ2) is 5.77. The zero-order valence-electron chi connectivity index (χ0n) is 9.69. The quantitative estimate of drug-likeness (QED) is 0.792. The predicted molar refractivity (Wildman–Crippen MR) is 72.7 cm³/mol. The molecule has 1 aromatic carbocycles. The molecule has 5 heteroatoms. The number of rotatable bonds is 2. The topological polar surface area (TPSA) is 72.4 Å². The molecule has 1 aromatic rings. The van der Waals surface area contributed by atoms with Crippen molar-refractivity contribution in [2.45, 2.75) is 19.3 Å². The van der Waals surface area contributed by atoms with Gasteiger partial charge in [0.15, 0.2) is 0 Å². The van der Waals surface area contributed by atoms with Crippen LogP contribution in [-0.4, -0.2) is 19.0 Å². The molecule has 4 nitrogen and oxygen atoms in total. The number of carbonyl (C=O) groups is 1. The van der Waals surface area contributed by atoms with E-state index in [0.717, 1.165) is 18.8 Å². The molecule has 1 fully saturated rings. The molecule has 4 N–H and O–H groups in total. The molecule has 17 heavy (non-hydrogen) atoms. The Labute approximate surface area is 107 Å². The van der Waals surface area contributed by atoms with Gasteiger partial charge in [0, 0.05) is 18.7 Å². The molecule has 94 valence electrons. The molecule has 1 saturated heterocycles. The lowest BCUT2D eigenvalue weighted by Gasteiger charge is -2.29. The zero-order valence-corrected chi connectivity index (χ0v) is 10.5. The molecular formula is C12H18ClN3O. The average Bonchev–Trinajstić information content (AvgIpc) is 2.30. The second-order valence-electron chi connectivity index (χ2n) is 4.19. The van der Waals surface area contributed by atoms with Crippen LogP contribution in [-0.2, 0) is 0 Å². The number of amides is 1. The number of hydrogen-bond acceptors (Lipinski definition) is 3. The summed E-state index contributed by atoms with van der Waals surface area (Å²) in [7, 11) is 0. The summed E-state index contributed by atoms with van der Waals surface area (Å²) < 4.78 is 0. The van der Waals surface area contributed by atoms with Gasteiger partial charge in [0.05, 0.1) is 11.4 Å². The highest BCUT2D eigenvalue weighted by Gasteiger charge is 2.14. The van der Waals surface area contributed by atoms with Gasteiger partial charge >= 0.3 is 0 Å². The van der Waals surface area contributed by atoms with Crippen LogP contribution in [0.15, 0.2) is 18.2 Å². The Bertz CT molecular complexity index is 403. The third-order valence-electron chi connectivity index (χ3n) is 3.01. The first kappa shape index (κ1) is 13.6. The van der Waals surface area contributed by atoms with Crippen molar-refractivity contribution in [1.82, 2.24) is 0 Å². The van der Waals surface area contributed by atoms with Crippen molar-refractivity contribution in [2.24, 2.45) is 5.73 Å². The van der Waals surface area contributed by atoms with Crippen molar-refractivity contribution in [2.75, 3.05) is 23.7 Å². The third kappa shape index (κ3) is 3.03. The molecule has 1 aliphatic rings. The summed E-state index contributed by atoms with van der Waals surface area (Å²) in [4.78, 5) is 13.3. The van der Waals surface area contributed by atoms with Crippen LogP contribution in [0.4, 0.5) is 11.4 Å². The maximum absolute atomic E-state index is 11.0. The first-order chi connectivity index (χ1) is 7.68. The number of hydrogen-bond donors (Lipinski definition) is 2. The van der Waals surface area contributed by atoms with Crippen molar-refractivity contribution in [1.29, 1.82) is 0 Å². The Morgan fingerprint density at radius 1 is 1.18 bits per heavy atom. The van der Waals surface area contributed by atoms with E-state index in [1.807, 2.05) is 6.07 Å². The van der Waals surface area contributed by atoms with E-state index < -0.39 is 5.91 Å². The van der Waals surface area contributed by atoms with Crippen molar-refractivity contribution >= 4 is 29.7 Å². The predicted octanol–water partition coefficient (Wildman–Crippen LogP) is 1.78. The van der Waals surface area contributed by atoms with E-state index in [2.05, 4.69) is 4.90 Å². The fourth-order valence-electron chi connectivity index (χ4n) is 2.13. The third-order valence-corrected chi connectivity index (χ3v) is 3.01. The number of halogens is 1. The normalized spacial score (nSPS) is 15.2. The van der Waals surface area contributed by atoms with Gasteiger partial charge in [0.1, 0.15) is 0 Å². The lowest BCUT2D eigenvalue weighted by Crippen LogP contribution is -2.30. The molecule has 0 atom stereocenters. The Balaban J connectivity index is 0.00000144. The number of piperidine rings is 1. The van der Waals surface area contributed by atoms with Crippen LogP contribution >= 0.6 is 12.4 Å². The molecular weight excluding hydrogens is 238 g/mol. The van der Waals surface area contributed by atoms with Gasteiger partial charge in [-0.1, -0.05) is 0 Å². The van der Waals surface area contributed by atoms with E-state index in [1.165, 1.54) is 19.3 Å². The van der Waals surface area contributed by atoms with Gasteiger partial charge in [0.25, 0.3) is 0 Å². The van der Waals surface area contributed by atoms with Crippen molar-refractivity contribution in [3.8, 4) is 0 Å². The van der Waals surface area contributed by atoms with Crippen LogP contribution in [0, 0.1) is 0 Å². The Morgan fingerprint density at radius 3 is 2.35 bits per heavy atom. The Hall–Kier alpha value is -1.42. The highest BCUT2D eigenvalue weighted by molar-refractivity contribution is 5.94. The number of carbonyl (C=O) groups excluding carboxylic acids is 1. The molecule has 0 saturated carbocycles. The van der Waals surface area contributed by atoms with Crippen LogP contribution < -0.4 is 16.4 Å². The van der Waals surface area contributed by atoms with Crippen LogP contribution in [0.5, 0.6) is 0 Å². The van der Waals surface area contributed by atoms with Gasteiger partial charge in [-0.15, -0.1) is 12.4 Å². The smallest absolute Gasteiger partial charge is 0.248 e. The van der Waals surface area contributed by atoms with E-state index >= 15 is 0 Å². The van der Waals surface area contributed by atoms with Gasteiger partial charge in [-0.3, -0.25) is 4.79 Å². The van der Waals surface area contributed by atoms with Crippen molar-refractivity contribution in [3.63, 3.8) is 0 Å². The maximum atomic E-state index is 11.0. The van der Waals surface area contributed by atoms with Crippen LogP contribution in [0.25, 0.3) is 0 Å². The molecule has 0 aromatic heterocycles. The SMILES string of the molecule is Cl.NC(=O)c1ccc(N2CCCCC2)c(N)c1. The molecule has 0 unspecified atom stereocenters. The number of primary amides is 1. The van der Waals surface area contributed by atoms with E-state index in [9.17, 15) is 4.79 Å². The molecule has 0 aliphatic carbocycles. The molecule has 0 spiro atoms. The number of nitrogens with two attached hydrogens (primary N) is 2. The Morgan fingerprint density at radius 2 is 1.82 bits per heavy atom. The molecule has 0 bridgehead atoms. The number of nitrogens with zero attached hydrogens (tertiary/aromatic N) is 1. The largest absolute Gasteiger partial charge is 0.397 e. The van der Waals surface area contributed by atoms with Gasteiger partial charge < -0.3 is 16.4 Å². The minimum Gasteiger partial charge on any atom is -0.397 e. The average molecular weight is 256 g/mol. The van der Waals surface area contributed by atoms with Crippen LogP contribution in [0.1, 0.15) is 29.6 Å². The van der Waals surface area contributed by atoms with Gasteiger partial charge in [-0.2, -0.15) is 0 Å². The van der Waals surface area contributed by atoms with E-state index in [-0.39, 0.29) is 12.4 Å². The lowest BCUT2D eigenvalue weighted by atomic mass is 10.1. The molecule has 1 amide bonds. The molecule has 1 heterocycles. The molecule has 2 rings (SSSR count). The number of nitrogen functional groups attached to an aromatic ring is 1. The number of benzene rings is 1. The first-order valence-electron chi connectivity index (χ1n) is 5.63. The van der Waals surface area contributed by atoms with E-state index in [0.29, 0.717) is 11.3 Å². The minimum absolute atomic E-state index is 0. The standard InChI is InChI=1S/C12H17N3O.ClH/c13-10-8-9(12(14)16)4-5-11(10)15-6-2-1-3-7-15;/h4-5,8H,1-3,6-7,13H2,(H2,14,16);1H. The minimum atomic E-state index is -0.433. The van der Waals surface area contributed by atoms with Gasteiger partial charge in [-0.25, -0.2) is 0 Å². The summed E-state index contributed by atoms with van der Waals surface area (Å²) >= 11 is 0. The van der Waals surface area contributed by atoms with Gasteiger partial charge in [-0.05, 0) is 37.5 Å². The summed E-state index contributed by atoms with van der Waals surface area (Å²) in [5, 5.41) is 0. The van der Waals surface area contributed by atoms with E-state index in [4.69, 9.17) is 11.5 Å². The van der Waals surface area contributed by atoms with Crippen LogP contribution in [0.2, 0.25) is 0 Å². The van der Waals surface area contributed by atoms with Gasteiger partial charge in [0.2, 0.25) is 5.91 Å². The van der Waals surface area contributed by atoms with E-state index in [1.54, 1.807) is 12.1 Å². The summed E-state index contributed by atoms with van der Waals surface area (Å²) in [6, 6.07) is 5.29. The zero-order chi connectivity index (χ0) is 11.5.